The predicted octanol–water partition coefficient (Wildman–Crippen LogP) is 3.73. The van der Waals surface area contributed by atoms with Gasteiger partial charge in [0.2, 0.25) is 0 Å². The Morgan fingerprint density at radius 2 is 2.00 bits per heavy atom. The van der Waals surface area contributed by atoms with Crippen LogP contribution >= 0.6 is 0 Å². The van der Waals surface area contributed by atoms with Crippen molar-refractivity contribution in [3.05, 3.63) is 29.1 Å². The molecule has 1 fully saturated rings. The summed E-state index contributed by atoms with van der Waals surface area (Å²) in [6.07, 6.45) is 6.97. The van der Waals surface area contributed by atoms with E-state index in [1.807, 2.05) is 0 Å². The molecule has 1 aromatic carbocycles. The van der Waals surface area contributed by atoms with Gasteiger partial charge in [-0.3, -0.25) is 4.79 Å². The number of carbonyl (C=O) groups is 1. The van der Waals surface area contributed by atoms with Crippen LogP contribution in [0.2, 0.25) is 0 Å². The molecule has 1 aliphatic rings. The summed E-state index contributed by atoms with van der Waals surface area (Å²) < 4.78 is 24.2. The molecule has 0 N–H and O–H groups in total. The highest BCUT2D eigenvalue weighted by Gasteiger charge is 2.47. The molecule has 134 valence electrons. The van der Waals surface area contributed by atoms with Crippen LogP contribution in [0.25, 0.3) is 0 Å². The molecule has 0 aliphatic heterocycles. The van der Waals surface area contributed by atoms with Gasteiger partial charge in [0.25, 0.3) is 0 Å². The van der Waals surface area contributed by atoms with Crippen molar-refractivity contribution < 1.29 is 18.7 Å². The lowest BCUT2D eigenvalue weighted by molar-refractivity contribution is -0.124. The average Bonchev–Trinajstić information content (AvgIpc) is 2.85. The first-order valence-corrected chi connectivity index (χ1v) is 8.08. The van der Waals surface area contributed by atoms with Crippen molar-refractivity contribution in [2.45, 2.75) is 38.5 Å². The zero-order chi connectivity index (χ0) is 19.0. The molecule has 0 amide bonds. The fourth-order valence-electron chi connectivity index (χ4n) is 3.25. The molecule has 0 radical (unpaired) electrons. The first-order chi connectivity index (χ1) is 11.9. The van der Waals surface area contributed by atoms with Crippen LogP contribution in [0.3, 0.4) is 0 Å². The molecule has 25 heavy (non-hydrogen) atoms. The molecule has 1 aliphatic carbocycles. The second kappa shape index (κ2) is 9.25. The number of terminal acetylenes is 1. The van der Waals surface area contributed by atoms with E-state index in [0.717, 1.165) is 0 Å². The van der Waals surface area contributed by atoms with E-state index in [9.17, 15) is 9.18 Å². The topological polar surface area (TPSA) is 35.5 Å². The molecule has 0 saturated heterocycles. The Labute approximate surface area is 149 Å². The lowest BCUT2D eigenvalue weighted by Gasteiger charge is -2.26. The number of hydrogen-bond acceptors (Lipinski definition) is 3. The molecule has 0 aromatic heterocycles. The van der Waals surface area contributed by atoms with E-state index in [1.165, 1.54) is 13.2 Å². The van der Waals surface area contributed by atoms with Gasteiger partial charge in [-0.15, -0.1) is 18.3 Å². The first-order valence-electron chi connectivity index (χ1n) is 8.08. The van der Waals surface area contributed by atoms with E-state index in [2.05, 4.69) is 22.5 Å². The molecule has 3 nitrogen and oxygen atoms in total. The lowest BCUT2D eigenvalue weighted by atomic mass is 9.77. The zero-order valence-corrected chi connectivity index (χ0v) is 15.5. The quantitative estimate of drug-likeness (QED) is 0.784. The molecule has 0 spiro atoms. The number of benzene rings is 1. The minimum Gasteiger partial charge on any atom is -0.496 e. The van der Waals surface area contributed by atoms with Crippen molar-refractivity contribution in [3.63, 3.8) is 0 Å². The number of rotatable bonds is 3. The average molecular weight is 344 g/mol. The van der Waals surface area contributed by atoms with Gasteiger partial charge in [0.05, 0.1) is 12.5 Å². The Kier molecular flexibility index (Phi) is 7.68. The first kappa shape index (κ1) is 20.7. The summed E-state index contributed by atoms with van der Waals surface area (Å²) in [5, 5.41) is 0. The van der Waals surface area contributed by atoms with Crippen LogP contribution in [-0.2, 0) is 14.9 Å². The van der Waals surface area contributed by atoms with Gasteiger partial charge in [-0.25, -0.2) is 4.39 Å². The minimum absolute atomic E-state index is 0.00280. The summed E-state index contributed by atoms with van der Waals surface area (Å²) in [6, 6.07) is 3.04. The second-order valence-corrected chi connectivity index (χ2v) is 6.16. The van der Waals surface area contributed by atoms with Gasteiger partial charge >= 0.3 is 0 Å². The third-order valence-electron chi connectivity index (χ3n) is 4.37. The van der Waals surface area contributed by atoms with Gasteiger partial charge < -0.3 is 9.47 Å². The van der Waals surface area contributed by atoms with Crippen LogP contribution in [-0.4, -0.2) is 27.1 Å². The summed E-state index contributed by atoms with van der Waals surface area (Å²) in [4.78, 5) is 12.7. The maximum atomic E-state index is 14.7. The highest BCUT2D eigenvalue weighted by Crippen LogP contribution is 2.46. The number of methoxy groups -OCH3 is 2. The third kappa shape index (κ3) is 4.41. The summed E-state index contributed by atoms with van der Waals surface area (Å²) in [7, 11) is 4.73. The Hall–Kier alpha value is -2.30. The smallest absolute Gasteiger partial charge is 0.147 e. The maximum Gasteiger partial charge on any atom is 0.147 e. The van der Waals surface area contributed by atoms with Crippen molar-refractivity contribution >= 4 is 5.78 Å². The summed E-state index contributed by atoms with van der Waals surface area (Å²) in [5.74, 6) is 7.80. The number of ketones is 1. The van der Waals surface area contributed by atoms with Crippen molar-refractivity contribution in [2.24, 2.45) is 5.92 Å². The number of carbonyl (C=O) groups excluding carboxylic acids is 1. The van der Waals surface area contributed by atoms with Gasteiger partial charge in [0.15, 0.2) is 0 Å². The van der Waals surface area contributed by atoms with E-state index in [1.54, 1.807) is 34.1 Å². The molecular formula is C21H25FO3. The number of hydrogen-bond donors (Lipinski definition) is 0. The van der Waals surface area contributed by atoms with E-state index in [0.29, 0.717) is 36.1 Å². The standard InChI is InChI=1S/C19H19FO2.C2H6O/c1-5-7-13-11-15(20)17(16(12-13)22-4)19(3)10-9-14(8-6-2)18(19)21;1-3-2/h2,11-12,14H,8-10H2,1,3-4H3;1-2H3. The molecule has 0 heterocycles. The highest BCUT2D eigenvalue weighted by molar-refractivity contribution is 5.94. The van der Waals surface area contributed by atoms with Gasteiger partial charge in [-0.1, -0.05) is 5.92 Å². The third-order valence-corrected chi connectivity index (χ3v) is 4.37. The molecule has 2 unspecified atom stereocenters. The molecule has 4 heteroatoms. The van der Waals surface area contributed by atoms with E-state index in [-0.39, 0.29) is 11.7 Å². The summed E-state index contributed by atoms with van der Waals surface area (Å²) >= 11 is 0. The van der Waals surface area contributed by atoms with Crippen LogP contribution in [0.15, 0.2) is 12.1 Å². The fraction of sp³-hybridized carbons (Fsp3) is 0.476. The Bertz CT molecular complexity index is 721. The van der Waals surface area contributed by atoms with E-state index in [4.69, 9.17) is 11.2 Å². The van der Waals surface area contributed by atoms with Crippen LogP contribution in [0, 0.1) is 35.9 Å². The molecule has 1 aromatic rings. The van der Waals surface area contributed by atoms with Crippen molar-refractivity contribution in [1.82, 2.24) is 0 Å². The molecular weight excluding hydrogens is 319 g/mol. The molecule has 2 rings (SSSR count). The predicted molar refractivity (Wildman–Crippen MR) is 97.0 cm³/mol. The minimum atomic E-state index is -0.894. The van der Waals surface area contributed by atoms with Gasteiger partial charge in [0.1, 0.15) is 17.3 Å². The Morgan fingerprint density at radius 3 is 2.52 bits per heavy atom. The fourth-order valence-corrected chi connectivity index (χ4v) is 3.25. The highest BCUT2D eigenvalue weighted by atomic mass is 19.1. The normalized spacial score (nSPS) is 21.5. The van der Waals surface area contributed by atoms with Crippen LogP contribution in [0.5, 0.6) is 5.75 Å². The lowest BCUT2D eigenvalue weighted by Crippen LogP contribution is -2.31. The Morgan fingerprint density at radius 1 is 1.36 bits per heavy atom. The summed E-state index contributed by atoms with van der Waals surface area (Å²) in [6.45, 7) is 3.46. The largest absolute Gasteiger partial charge is 0.496 e. The molecule has 2 atom stereocenters. The van der Waals surface area contributed by atoms with Crippen LogP contribution in [0.4, 0.5) is 4.39 Å². The number of ether oxygens (including phenoxy) is 2. The molecule has 0 bridgehead atoms. The monoisotopic (exact) mass is 344 g/mol. The van der Waals surface area contributed by atoms with Crippen LogP contribution in [0.1, 0.15) is 44.2 Å². The van der Waals surface area contributed by atoms with Crippen LogP contribution < -0.4 is 4.74 Å². The van der Waals surface area contributed by atoms with Gasteiger partial charge in [-0.2, -0.15) is 0 Å². The van der Waals surface area contributed by atoms with Gasteiger partial charge in [-0.05, 0) is 38.8 Å². The van der Waals surface area contributed by atoms with E-state index >= 15 is 0 Å². The SMILES string of the molecule is C#CCC1CCC(C)(c2c(F)cc(C#CC)cc2OC)C1=O.COC. The second-order valence-electron chi connectivity index (χ2n) is 6.16. The number of halogens is 1. The van der Waals surface area contributed by atoms with Crippen molar-refractivity contribution in [2.75, 3.05) is 21.3 Å². The maximum absolute atomic E-state index is 14.7. The number of Topliss-reactive ketones (excluding diaryl/α,β-unsaturated/α-hetero) is 1. The molecule has 1 saturated carbocycles. The van der Waals surface area contributed by atoms with Gasteiger partial charge in [0, 0.05) is 37.7 Å². The van der Waals surface area contributed by atoms with E-state index < -0.39 is 11.2 Å². The Balaban J connectivity index is 0.000000970. The van der Waals surface area contributed by atoms with Crippen molar-refractivity contribution in [3.8, 4) is 29.9 Å². The van der Waals surface area contributed by atoms with Crippen molar-refractivity contribution in [1.29, 1.82) is 0 Å². The zero-order valence-electron chi connectivity index (χ0n) is 15.5. The summed E-state index contributed by atoms with van der Waals surface area (Å²) in [5.41, 5.74) is -0.0363.